The summed E-state index contributed by atoms with van der Waals surface area (Å²) in [7, 11) is 1.55. The Bertz CT molecular complexity index is 432. The van der Waals surface area contributed by atoms with E-state index in [0.717, 1.165) is 0 Å². The molecule has 0 saturated heterocycles. The van der Waals surface area contributed by atoms with Crippen molar-refractivity contribution < 1.29 is 19.1 Å². The van der Waals surface area contributed by atoms with Gasteiger partial charge in [0.1, 0.15) is 18.8 Å². The smallest absolute Gasteiger partial charge is 0.314 e. The fourth-order valence-corrected chi connectivity index (χ4v) is 1.30. The van der Waals surface area contributed by atoms with Gasteiger partial charge >= 0.3 is 5.97 Å². The van der Waals surface area contributed by atoms with Gasteiger partial charge in [-0.2, -0.15) is 0 Å². The molecule has 0 spiro atoms. The summed E-state index contributed by atoms with van der Waals surface area (Å²) in [6, 6.07) is 6.61. The molecular formula is C14H16O4. The predicted octanol–water partition coefficient (Wildman–Crippen LogP) is 2.39. The van der Waals surface area contributed by atoms with Crippen LogP contribution >= 0.6 is 0 Å². The number of allylic oxidation sites excluding steroid dienone is 1. The molecule has 0 atom stereocenters. The van der Waals surface area contributed by atoms with Crippen LogP contribution in [0.5, 0.6) is 5.75 Å². The zero-order valence-electron chi connectivity index (χ0n) is 10.5. The SMILES string of the molecule is C/C=C\COC(=O)CC(=O)c1ccc(OC)cc1. The highest BCUT2D eigenvalue weighted by Crippen LogP contribution is 2.12. The molecule has 0 aliphatic heterocycles. The van der Waals surface area contributed by atoms with Crippen molar-refractivity contribution in [2.24, 2.45) is 0 Å². The molecule has 0 N–H and O–H groups in total. The number of benzene rings is 1. The molecule has 96 valence electrons. The third-order valence-corrected chi connectivity index (χ3v) is 2.29. The molecule has 1 rings (SSSR count). The van der Waals surface area contributed by atoms with Crippen LogP contribution in [0.1, 0.15) is 23.7 Å². The lowest BCUT2D eigenvalue weighted by Crippen LogP contribution is -2.11. The van der Waals surface area contributed by atoms with Crippen molar-refractivity contribution in [3.8, 4) is 5.75 Å². The third kappa shape index (κ3) is 4.41. The average Bonchev–Trinajstić information content (AvgIpc) is 2.39. The van der Waals surface area contributed by atoms with Gasteiger partial charge in [0, 0.05) is 5.56 Å². The Morgan fingerprint density at radius 3 is 2.44 bits per heavy atom. The molecule has 0 aromatic heterocycles. The van der Waals surface area contributed by atoms with Gasteiger partial charge in [0.15, 0.2) is 5.78 Å². The summed E-state index contributed by atoms with van der Waals surface area (Å²) in [5, 5.41) is 0. The lowest BCUT2D eigenvalue weighted by molar-refractivity contribution is -0.141. The first kappa shape index (κ1) is 14.0. The number of Topliss-reactive ketones (excluding diaryl/α,β-unsaturated/α-hetero) is 1. The van der Waals surface area contributed by atoms with E-state index in [0.29, 0.717) is 11.3 Å². The Morgan fingerprint density at radius 1 is 1.22 bits per heavy atom. The van der Waals surface area contributed by atoms with E-state index in [9.17, 15) is 9.59 Å². The Hall–Kier alpha value is -2.10. The predicted molar refractivity (Wildman–Crippen MR) is 67.7 cm³/mol. The largest absolute Gasteiger partial charge is 0.497 e. The van der Waals surface area contributed by atoms with Gasteiger partial charge < -0.3 is 9.47 Å². The van der Waals surface area contributed by atoms with Gasteiger partial charge in [-0.25, -0.2) is 0 Å². The molecule has 0 aliphatic rings. The second kappa shape index (κ2) is 7.27. The maximum atomic E-state index is 11.7. The van der Waals surface area contributed by atoms with E-state index in [4.69, 9.17) is 9.47 Å². The van der Waals surface area contributed by atoms with Gasteiger partial charge in [0.25, 0.3) is 0 Å². The first-order chi connectivity index (χ1) is 8.67. The van der Waals surface area contributed by atoms with Crippen LogP contribution in [0.3, 0.4) is 0 Å². The minimum atomic E-state index is -0.520. The molecule has 18 heavy (non-hydrogen) atoms. The van der Waals surface area contributed by atoms with Crippen molar-refractivity contribution in [2.75, 3.05) is 13.7 Å². The number of carbonyl (C=O) groups is 2. The maximum absolute atomic E-state index is 11.7. The molecule has 0 unspecified atom stereocenters. The minimum Gasteiger partial charge on any atom is -0.497 e. The molecule has 1 aromatic rings. The van der Waals surface area contributed by atoms with E-state index in [-0.39, 0.29) is 18.8 Å². The number of ether oxygens (including phenoxy) is 2. The van der Waals surface area contributed by atoms with Gasteiger partial charge in [-0.1, -0.05) is 12.2 Å². The minimum absolute atomic E-state index is 0.200. The monoisotopic (exact) mass is 248 g/mol. The summed E-state index contributed by atoms with van der Waals surface area (Å²) < 4.78 is 9.83. The Balaban J connectivity index is 2.51. The Kier molecular flexibility index (Phi) is 5.64. The summed E-state index contributed by atoms with van der Waals surface area (Å²) in [4.78, 5) is 23.1. The first-order valence-corrected chi connectivity index (χ1v) is 5.61. The van der Waals surface area contributed by atoms with Crippen LogP contribution in [-0.2, 0) is 9.53 Å². The second-order valence-electron chi connectivity index (χ2n) is 3.58. The second-order valence-corrected chi connectivity index (χ2v) is 3.58. The molecule has 0 aliphatic carbocycles. The van der Waals surface area contributed by atoms with E-state index in [1.807, 2.05) is 6.92 Å². The van der Waals surface area contributed by atoms with E-state index in [1.54, 1.807) is 43.5 Å². The Morgan fingerprint density at radius 2 is 1.89 bits per heavy atom. The fraction of sp³-hybridized carbons (Fsp3) is 0.286. The summed E-state index contributed by atoms with van der Waals surface area (Å²) in [5.41, 5.74) is 0.471. The normalized spacial score (nSPS) is 10.3. The number of methoxy groups -OCH3 is 1. The molecule has 0 heterocycles. The van der Waals surface area contributed by atoms with E-state index in [1.165, 1.54) is 0 Å². The van der Waals surface area contributed by atoms with Gasteiger partial charge in [0.05, 0.1) is 7.11 Å². The lowest BCUT2D eigenvalue weighted by Gasteiger charge is -2.03. The molecule has 0 fully saturated rings. The van der Waals surface area contributed by atoms with Gasteiger partial charge in [0.2, 0.25) is 0 Å². The fourth-order valence-electron chi connectivity index (χ4n) is 1.30. The van der Waals surface area contributed by atoms with Crippen LogP contribution in [0.25, 0.3) is 0 Å². The van der Waals surface area contributed by atoms with Crippen LogP contribution in [-0.4, -0.2) is 25.5 Å². The van der Waals surface area contributed by atoms with Crippen molar-refractivity contribution in [3.63, 3.8) is 0 Å². The van der Waals surface area contributed by atoms with Gasteiger partial charge in [-0.15, -0.1) is 0 Å². The highest BCUT2D eigenvalue weighted by molar-refractivity contribution is 6.05. The van der Waals surface area contributed by atoms with E-state index < -0.39 is 5.97 Å². The van der Waals surface area contributed by atoms with Crippen molar-refractivity contribution in [3.05, 3.63) is 42.0 Å². The summed E-state index contributed by atoms with van der Waals surface area (Å²) in [6.07, 6.45) is 3.23. The first-order valence-electron chi connectivity index (χ1n) is 5.61. The van der Waals surface area contributed by atoms with Crippen LogP contribution in [0, 0.1) is 0 Å². The summed E-state index contributed by atoms with van der Waals surface area (Å²) >= 11 is 0. The van der Waals surface area contributed by atoms with Crippen molar-refractivity contribution >= 4 is 11.8 Å². The molecule has 1 aromatic carbocycles. The molecular weight excluding hydrogens is 232 g/mol. The average molecular weight is 248 g/mol. The number of hydrogen-bond donors (Lipinski definition) is 0. The van der Waals surface area contributed by atoms with Crippen LogP contribution in [0.15, 0.2) is 36.4 Å². The number of hydrogen-bond acceptors (Lipinski definition) is 4. The zero-order chi connectivity index (χ0) is 13.4. The number of ketones is 1. The van der Waals surface area contributed by atoms with Crippen LogP contribution in [0.4, 0.5) is 0 Å². The van der Waals surface area contributed by atoms with Crippen LogP contribution in [0.2, 0.25) is 0 Å². The number of esters is 1. The maximum Gasteiger partial charge on any atom is 0.314 e. The molecule has 0 saturated carbocycles. The van der Waals surface area contributed by atoms with Crippen molar-refractivity contribution in [1.29, 1.82) is 0 Å². The molecule has 0 bridgehead atoms. The van der Waals surface area contributed by atoms with E-state index >= 15 is 0 Å². The van der Waals surface area contributed by atoms with Gasteiger partial charge in [-0.3, -0.25) is 9.59 Å². The quantitative estimate of drug-likeness (QED) is 0.336. The highest BCUT2D eigenvalue weighted by atomic mass is 16.5. The third-order valence-electron chi connectivity index (χ3n) is 2.29. The summed E-state index contributed by atoms with van der Waals surface area (Å²) in [6.45, 7) is 2.03. The standard InChI is InChI=1S/C14H16O4/c1-3-4-9-18-14(16)10-13(15)11-5-7-12(17-2)8-6-11/h3-8H,9-10H2,1-2H3/b4-3-. The Labute approximate surface area is 106 Å². The molecule has 4 heteroatoms. The van der Waals surface area contributed by atoms with E-state index in [2.05, 4.69) is 0 Å². The number of rotatable bonds is 6. The zero-order valence-corrected chi connectivity index (χ0v) is 10.5. The highest BCUT2D eigenvalue weighted by Gasteiger charge is 2.12. The van der Waals surface area contributed by atoms with Crippen molar-refractivity contribution in [2.45, 2.75) is 13.3 Å². The molecule has 0 radical (unpaired) electrons. The molecule has 0 amide bonds. The number of carbonyl (C=O) groups excluding carboxylic acids is 2. The van der Waals surface area contributed by atoms with Crippen LogP contribution < -0.4 is 4.74 Å². The van der Waals surface area contributed by atoms with Crippen molar-refractivity contribution in [1.82, 2.24) is 0 Å². The topological polar surface area (TPSA) is 52.6 Å². The lowest BCUT2D eigenvalue weighted by atomic mass is 10.1. The van der Waals surface area contributed by atoms with Gasteiger partial charge in [-0.05, 0) is 31.2 Å². The molecule has 4 nitrogen and oxygen atoms in total. The summed E-state index contributed by atoms with van der Waals surface area (Å²) in [5.74, 6) is -0.112.